The van der Waals surface area contributed by atoms with Gasteiger partial charge in [0.2, 0.25) is 10.0 Å². The number of hydrogen-bond acceptors (Lipinski definition) is 5. The van der Waals surface area contributed by atoms with Crippen LogP contribution in [0.4, 0.5) is 5.13 Å². The second kappa shape index (κ2) is 4.79. The van der Waals surface area contributed by atoms with Gasteiger partial charge in [-0.25, -0.2) is 13.4 Å². The van der Waals surface area contributed by atoms with Gasteiger partial charge in [-0.1, -0.05) is 32.1 Å². The van der Waals surface area contributed by atoms with Gasteiger partial charge >= 0.3 is 0 Å². The lowest BCUT2D eigenvalue weighted by Crippen LogP contribution is -2.26. The highest BCUT2D eigenvalue weighted by atomic mass is 32.2. The van der Waals surface area contributed by atoms with E-state index >= 15 is 0 Å². The van der Waals surface area contributed by atoms with Crippen LogP contribution in [-0.4, -0.2) is 25.7 Å². The first-order chi connectivity index (χ1) is 8.25. The predicted octanol–water partition coefficient (Wildman–Crippen LogP) is 1.58. The van der Waals surface area contributed by atoms with Gasteiger partial charge in [-0.05, 0) is 5.41 Å². The Bertz CT molecular complexity index is 505. The van der Waals surface area contributed by atoms with Crippen molar-refractivity contribution < 1.29 is 8.42 Å². The van der Waals surface area contributed by atoms with E-state index in [-0.39, 0.29) is 11.2 Å². The molecule has 0 amide bonds. The summed E-state index contributed by atoms with van der Waals surface area (Å²) in [5.41, 5.74) is 0.761. The zero-order valence-corrected chi connectivity index (χ0v) is 12.5. The van der Waals surface area contributed by atoms with Crippen LogP contribution in [0, 0.1) is 5.41 Å². The molecule has 0 aliphatic carbocycles. The topological polar surface area (TPSA) is 71.1 Å². The van der Waals surface area contributed by atoms with Gasteiger partial charge in [0.15, 0.2) is 5.13 Å². The van der Waals surface area contributed by atoms with Crippen LogP contribution >= 0.6 is 11.3 Å². The monoisotopic (exact) mass is 289 g/mol. The fourth-order valence-corrected chi connectivity index (χ4v) is 4.81. The van der Waals surface area contributed by atoms with Gasteiger partial charge in [0, 0.05) is 24.4 Å². The summed E-state index contributed by atoms with van der Waals surface area (Å²) < 4.78 is 26.5. The number of sulfonamides is 1. The quantitative estimate of drug-likeness (QED) is 0.886. The molecule has 5 nitrogen and oxygen atoms in total. The maximum Gasteiger partial charge on any atom is 0.235 e. The Labute approximate surface area is 112 Å². The molecule has 0 saturated carbocycles. The first kappa shape index (κ1) is 13.8. The van der Waals surface area contributed by atoms with E-state index in [0.29, 0.717) is 5.13 Å². The predicted molar refractivity (Wildman–Crippen MR) is 74.4 cm³/mol. The van der Waals surface area contributed by atoms with Crippen LogP contribution in [0.2, 0.25) is 0 Å². The van der Waals surface area contributed by atoms with Crippen molar-refractivity contribution in [2.24, 2.45) is 5.41 Å². The van der Waals surface area contributed by atoms with Crippen LogP contribution < -0.4 is 10.0 Å². The molecule has 18 heavy (non-hydrogen) atoms. The zero-order valence-electron chi connectivity index (χ0n) is 10.9. The average Bonchev–Trinajstić information content (AvgIpc) is 2.53. The first-order valence-electron chi connectivity index (χ1n) is 5.95. The van der Waals surface area contributed by atoms with Gasteiger partial charge in [-0.2, -0.15) is 0 Å². The van der Waals surface area contributed by atoms with Gasteiger partial charge in [0.1, 0.15) is 0 Å². The third-order valence-electron chi connectivity index (χ3n) is 2.47. The van der Waals surface area contributed by atoms with E-state index < -0.39 is 10.0 Å². The number of fused-ring (bicyclic) bond motifs is 1. The number of nitrogens with zero attached hydrogens (tertiary/aromatic N) is 1. The smallest absolute Gasteiger partial charge is 0.235 e. The van der Waals surface area contributed by atoms with Crippen LogP contribution in [0.3, 0.4) is 0 Å². The maximum atomic E-state index is 12.0. The Hall–Kier alpha value is -0.660. The number of thiazole rings is 1. The molecule has 2 rings (SSSR count). The second-order valence-electron chi connectivity index (χ2n) is 5.74. The summed E-state index contributed by atoms with van der Waals surface area (Å²) in [5.74, 6) is 0.0997. The zero-order chi connectivity index (χ0) is 13.4. The van der Waals surface area contributed by atoms with E-state index in [1.807, 2.05) is 20.8 Å². The molecule has 0 fully saturated rings. The summed E-state index contributed by atoms with van der Waals surface area (Å²) >= 11 is 1.42. The van der Waals surface area contributed by atoms with Crippen molar-refractivity contribution in [1.29, 1.82) is 0 Å². The molecule has 0 atom stereocenters. The summed E-state index contributed by atoms with van der Waals surface area (Å²) in [6.07, 6.45) is 0.868. The molecule has 1 aromatic heterocycles. The van der Waals surface area contributed by atoms with Crippen LogP contribution in [0.15, 0.2) is 0 Å². The Kier molecular flexibility index (Phi) is 3.66. The van der Waals surface area contributed by atoms with Crippen molar-refractivity contribution in [3.05, 3.63) is 10.6 Å². The molecule has 0 aromatic carbocycles. The molecule has 2 N–H and O–H groups in total. The number of aromatic nitrogens is 1. The minimum Gasteiger partial charge on any atom is -0.311 e. The van der Waals surface area contributed by atoms with Gasteiger partial charge in [-0.15, -0.1) is 0 Å². The van der Waals surface area contributed by atoms with Crippen LogP contribution in [0.5, 0.6) is 0 Å². The molecule has 0 bridgehead atoms. The lowest BCUT2D eigenvalue weighted by Gasteiger charge is -2.17. The molecule has 7 heteroatoms. The van der Waals surface area contributed by atoms with E-state index in [9.17, 15) is 8.42 Å². The minimum atomic E-state index is -3.31. The molecule has 0 spiro atoms. The summed E-state index contributed by atoms with van der Waals surface area (Å²) in [4.78, 5) is 5.49. The molecule has 0 radical (unpaired) electrons. The first-order valence-corrected chi connectivity index (χ1v) is 8.42. The summed E-state index contributed by atoms with van der Waals surface area (Å²) in [6, 6.07) is 0. The SMILES string of the molecule is CC(C)(C)CS(=O)(=O)Nc1nc2c(s1)CNCC2. The van der Waals surface area contributed by atoms with Crippen molar-refractivity contribution >= 4 is 26.5 Å². The molecular weight excluding hydrogens is 270 g/mol. The fourth-order valence-electron chi connectivity index (χ4n) is 1.91. The Morgan fingerprint density at radius 1 is 1.44 bits per heavy atom. The molecular formula is C11H19N3O2S2. The third kappa shape index (κ3) is 3.66. The fraction of sp³-hybridized carbons (Fsp3) is 0.727. The van der Waals surface area contributed by atoms with E-state index in [2.05, 4.69) is 15.0 Å². The molecule has 1 aliphatic heterocycles. The van der Waals surface area contributed by atoms with Crippen molar-refractivity contribution in [3.63, 3.8) is 0 Å². The highest BCUT2D eigenvalue weighted by Crippen LogP contribution is 2.27. The Morgan fingerprint density at radius 3 is 2.78 bits per heavy atom. The highest BCUT2D eigenvalue weighted by molar-refractivity contribution is 7.92. The molecule has 0 unspecified atom stereocenters. The third-order valence-corrected chi connectivity index (χ3v) is 5.36. The van der Waals surface area contributed by atoms with Crippen LogP contribution in [0.1, 0.15) is 31.3 Å². The van der Waals surface area contributed by atoms with Crippen molar-refractivity contribution in [2.45, 2.75) is 33.7 Å². The Balaban J connectivity index is 2.12. The van der Waals surface area contributed by atoms with E-state index in [0.717, 1.165) is 30.1 Å². The second-order valence-corrected chi connectivity index (χ2v) is 8.54. The van der Waals surface area contributed by atoms with Gasteiger partial charge in [0.05, 0.1) is 11.4 Å². The largest absolute Gasteiger partial charge is 0.311 e. The lowest BCUT2D eigenvalue weighted by molar-refractivity contribution is 0.463. The van der Waals surface area contributed by atoms with E-state index in [4.69, 9.17) is 0 Å². The van der Waals surface area contributed by atoms with Gasteiger partial charge < -0.3 is 5.32 Å². The molecule has 0 saturated heterocycles. The van der Waals surface area contributed by atoms with Crippen molar-refractivity contribution in [1.82, 2.24) is 10.3 Å². The van der Waals surface area contributed by atoms with Crippen molar-refractivity contribution in [3.8, 4) is 0 Å². The van der Waals surface area contributed by atoms with Crippen LogP contribution in [0.25, 0.3) is 0 Å². The summed E-state index contributed by atoms with van der Waals surface area (Å²) in [6.45, 7) is 7.41. The Morgan fingerprint density at radius 2 is 2.17 bits per heavy atom. The lowest BCUT2D eigenvalue weighted by atomic mass is 10.0. The molecule has 2 heterocycles. The normalized spacial score (nSPS) is 16.4. The van der Waals surface area contributed by atoms with Gasteiger partial charge in [0.25, 0.3) is 0 Å². The van der Waals surface area contributed by atoms with Crippen LogP contribution in [-0.2, 0) is 23.0 Å². The summed E-state index contributed by atoms with van der Waals surface area (Å²) in [7, 11) is -3.31. The number of nitrogens with one attached hydrogen (secondary N) is 2. The molecule has 1 aliphatic rings. The standard InChI is InChI=1S/C11H19N3O2S2/c1-11(2,3)7-18(15,16)14-10-13-8-4-5-12-6-9(8)17-10/h12H,4-7H2,1-3H3,(H,13,14). The van der Waals surface area contributed by atoms with Gasteiger partial charge in [-0.3, -0.25) is 4.72 Å². The molecule has 102 valence electrons. The number of anilines is 1. The maximum absolute atomic E-state index is 12.0. The highest BCUT2D eigenvalue weighted by Gasteiger charge is 2.23. The van der Waals surface area contributed by atoms with E-state index in [1.165, 1.54) is 11.3 Å². The minimum absolute atomic E-state index is 0.0997. The van der Waals surface area contributed by atoms with Crippen molar-refractivity contribution in [2.75, 3.05) is 17.0 Å². The number of rotatable bonds is 3. The summed E-state index contributed by atoms with van der Waals surface area (Å²) in [5, 5.41) is 3.74. The molecule has 1 aromatic rings. The number of hydrogen-bond donors (Lipinski definition) is 2. The average molecular weight is 289 g/mol. The van der Waals surface area contributed by atoms with E-state index in [1.54, 1.807) is 0 Å².